The van der Waals surface area contributed by atoms with Crippen LogP contribution in [0.15, 0.2) is 6.07 Å². The van der Waals surface area contributed by atoms with Crippen LogP contribution in [0.1, 0.15) is 11.7 Å². The van der Waals surface area contributed by atoms with Crippen LogP contribution in [0.25, 0.3) is 0 Å². The van der Waals surface area contributed by atoms with E-state index < -0.39 is 17.8 Å². The standard InChI is InChI=1S/C11H12ClF3O4/c1-17-7-5(10(16)11(13,14)15)4-6(12)8(18-2)9(7)19-3/h4,10,16H,1-3H3. The highest BCUT2D eigenvalue weighted by Crippen LogP contribution is 2.49. The molecule has 1 aromatic rings. The Bertz CT molecular complexity index is 462. The molecule has 1 rings (SSSR count). The van der Waals surface area contributed by atoms with Crippen molar-refractivity contribution in [3.05, 3.63) is 16.7 Å². The highest BCUT2D eigenvalue weighted by molar-refractivity contribution is 6.32. The van der Waals surface area contributed by atoms with Crippen molar-refractivity contribution >= 4 is 11.6 Å². The molecule has 4 nitrogen and oxygen atoms in total. The van der Waals surface area contributed by atoms with E-state index in [1.807, 2.05) is 0 Å². The Balaban J connectivity index is 3.53. The molecule has 1 aromatic carbocycles. The predicted octanol–water partition coefficient (Wildman–Crippen LogP) is 2.96. The van der Waals surface area contributed by atoms with Gasteiger partial charge in [0.05, 0.1) is 26.4 Å². The Morgan fingerprint density at radius 1 is 1.05 bits per heavy atom. The van der Waals surface area contributed by atoms with Gasteiger partial charge in [-0.3, -0.25) is 0 Å². The summed E-state index contributed by atoms with van der Waals surface area (Å²) in [4.78, 5) is 0. The van der Waals surface area contributed by atoms with Crippen molar-refractivity contribution in [2.75, 3.05) is 21.3 Å². The molecule has 0 aliphatic rings. The van der Waals surface area contributed by atoms with Crippen LogP contribution in [0, 0.1) is 0 Å². The molecule has 1 atom stereocenters. The quantitative estimate of drug-likeness (QED) is 0.929. The molecule has 0 amide bonds. The van der Waals surface area contributed by atoms with Crippen LogP contribution in [0.2, 0.25) is 5.02 Å². The monoisotopic (exact) mass is 300 g/mol. The van der Waals surface area contributed by atoms with Crippen molar-refractivity contribution in [1.82, 2.24) is 0 Å². The van der Waals surface area contributed by atoms with Gasteiger partial charge in [-0.05, 0) is 6.07 Å². The van der Waals surface area contributed by atoms with Crippen LogP contribution in [-0.2, 0) is 0 Å². The van der Waals surface area contributed by atoms with Crippen LogP contribution in [0.4, 0.5) is 13.2 Å². The smallest absolute Gasteiger partial charge is 0.418 e. The highest BCUT2D eigenvalue weighted by atomic mass is 35.5. The zero-order valence-corrected chi connectivity index (χ0v) is 11.1. The Morgan fingerprint density at radius 2 is 1.53 bits per heavy atom. The number of hydrogen-bond donors (Lipinski definition) is 1. The second kappa shape index (κ2) is 5.75. The molecule has 0 heterocycles. The lowest BCUT2D eigenvalue weighted by Gasteiger charge is -2.21. The molecule has 19 heavy (non-hydrogen) atoms. The van der Waals surface area contributed by atoms with Crippen molar-refractivity contribution in [3.8, 4) is 17.2 Å². The molecule has 0 bridgehead atoms. The van der Waals surface area contributed by atoms with E-state index in [0.717, 1.165) is 13.2 Å². The highest BCUT2D eigenvalue weighted by Gasteiger charge is 2.42. The van der Waals surface area contributed by atoms with Crippen LogP contribution in [0.5, 0.6) is 17.2 Å². The van der Waals surface area contributed by atoms with Crippen LogP contribution in [0.3, 0.4) is 0 Å². The number of alkyl halides is 3. The molecule has 1 N–H and O–H groups in total. The first-order valence-electron chi connectivity index (χ1n) is 5.01. The van der Waals surface area contributed by atoms with E-state index in [1.54, 1.807) is 0 Å². The van der Waals surface area contributed by atoms with Gasteiger partial charge < -0.3 is 19.3 Å². The van der Waals surface area contributed by atoms with E-state index in [-0.39, 0.29) is 22.3 Å². The number of methoxy groups -OCH3 is 3. The fourth-order valence-electron chi connectivity index (χ4n) is 1.58. The summed E-state index contributed by atoms with van der Waals surface area (Å²) in [6.45, 7) is 0. The minimum atomic E-state index is -4.85. The van der Waals surface area contributed by atoms with Gasteiger partial charge in [-0.15, -0.1) is 0 Å². The fraction of sp³-hybridized carbons (Fsp3) is 0.455. The van der Waals surface area contributed by atoms with Gasteiger partial charge in [-0.1, -0.05) is 11.6 Å². The molecule has 0 saturated carbocycles. The van der Waals surface area contributed by atoms with Crippen LogP contribution in [-0.4, -0.2) is 32.6 Å². The van der Waals surface area contributed by atoms with E-state index in [0.29, 0.717) is 0 Å². The Hall–Kier alpha value is -1.34. The average molecular weight is 301 g/mol. The third-order valence-electron chi connectivity index (χ3n) is 2.39. The molecule has 0 saturated heterocycles. The fourth-order valence-corrected chi connectivity index (χ4v) is 1.86. The Morgan fingerprint density at radius 3 is 1.89 bits per heavy atom. The first-order chi connectivity index (χ1) is 8.77. The lowest BCUT2D eigenvalue weighted by molar-refractivity contribution is -0.207. The van der Waals surface area contributed by atoms with E-state index >= 15 is 0 Å². The summed E-state index contributed by atoms with van der Waals surface area (Å²) >= 11 is 5.80. The normalized spacial score (nSPS) is 13.1. The summed E-state index contributed by atoms with van der Waals surface area (Å²) in [7, 11) is 3.65. The van der Waals surface area contributed by atoms with Crippen LogP contribution < -0.4 is 14.2 Å². The number of benzene rings is 1. The molecule has 0 aliphatic heterocycles. The third kappa shape index (κ3) is 2.98. The van der Waals surface area contributed by atoms with Gasteiger partial charge in [0.2, 0.25) is 5.75 Å². The zero-order chi connectivity index (χ0) is 14.8. The van der Waals surface area contributed by atoms with Gasteiger partial charge in [0.1, 0.15) is 0 Å². The molecule has 0 aromatic heterocycles. The van der Waals surface area contributed by atoms with E-state index in [2.05, 4.69) is 0 Å². The molecule has 1 unspecified atom stereocenters. The molecule has 108 valence electrons. The predicted molar refractivity (Wildman–Crippen MR) is 62.1 cm³/mol. The minimum Gasteiger partial charge on any atom is -0.492 e. The zero-order valence-electron chi connectivity index (χ0n) is 10.3. The first-order valence-corrected chi connectivity index (χ1v) is 5.38. The van der Waals surface area contributed by atoms with Crippen molar-refractivity contribution < 1.29 is 32.5 Å². The maximum absolute atomic E-state index is 12.6. The summed E-state index contributed by atoms with van der Waals surface area (Å²) in [5.74, 6) is -0.372. The third-order valence-corrected chi connectivity index (χ3v) is 2.67. The number of rotatable bonds is 4. The molecule has 0 radical (unpaired) electrons. The second-order valence-corrected chi connectivity index (χ2v) is 3.90. The van der Waals surface area contributed by atoms with Crippen molar-refractivity contribution in [3.63, 3.8) is 0 Å². The summed E-state index contributed by atoms with van der Waals surface area (Å²) < 4.78 is 52.5. The lowest BCUT2D eigenvalue weighted by Crippen LogP contribution is -2.21. The molecule has 0 spiro atoms. The van der Waals surface area contributed by atoms with Crippen LogP contribution >= 0.6 is 11.6 Å². The molecule has 0 fully saturated rings. The number of aliphatic hydroxyl groups is 1. The van der Waals surface area contributed by atoms with E-state index in [9.17, 15) is 18.3 Å². The summed E-state index contributed by atoms with van der Waals surface area (Å²) in [6, 6.07) is 0.930. The maximum atomic E-state index is 12.6. The lowest BCUT2D eigenvalue weighted by atomic mass is 10.1. The van der Waals surface area contributed by atoms with Gasteiger partial charge in [0, 0.05) is 5.56 Å². The van der Waals surface area contributed by atoms with Gasteiger partial charge in [-0.2, -0.15) is 13.2 Å². The summed E-state index contributed by atoms with van der Waals surface area (Å²) in [5, 5.41) is 9.19. The molecular formula is C11H12ClF3O4. The minimum absolute atomic E-state index is 0.0270. The number of halogens is 4. The van der Waals surface area contributed by atoms with E-state index in [1.165, 1.54) is 14.2 Å². The summed E-state index contributed by atoms with van der Waals surface area (Å²) in [6.07, 6.45) is -7.59. The Kier molecular flexibility index (Phi) is 4.75. The van der Waals surface area contributed by atoms with Gasteiger partial charge >= 0.3 is 6.18 Å². The van der Waals surface area contributed by atoms with Gasteiger partial charge in [0.15, 0.2) is 17.6 Å². The average Bonchev–Trinajstić information content (AvgIpc) is 2.35. The molecule has 0 aliphatic carbocycles. The van der Waals surface area contributed by atoms with Crippen molar-refractivity contribution in [2.24, 2.45) is 0 Å². The molecule has 8 heteroatoms. The van der Waals surface area contributed by atoms with Gasteiger partial charge in [-0.25, -0.2) is 0 Å². The van der Waals surface area contributed by atoms with Crippen molar-refractivity contribution in [2.45, 2.75) is 12.3 Å². The SMILES string of the molecule is COc1c(Cl)cc(C(O)C(F)(F)F)c(OC)c1OC. The number of ether oxygens (including phenoxy) is 3. The Labute approximate surface area is 112 Å². The number of aliphatic hydroxyl groups excluding tert-OH is 1. The second-order valence-electron chi connectivity index (χ2n) is 3.49. The largest absolute Gasteiger partial charge is 0.492 e. The van der Waals surface area contributed by atoms with Gasteiger partial charge in [0.25, 0.3) is 0 Å². The molecular weight excluding hydrogens is 289 g/mol. The first kappa shape index (κ1) is 15.7. The van der Waals surface area contributed by atoms with E-state index in [4.69, 9.17) is 25.8 Å². The summed E-state index contributed by atoms with van der Waals surface area (Å²) in [5.41, 5.74) is -0.544. The number of hydrogen-bond acceptors (Lipinski definition) is 4. The topological polar surface area (TPSA) is 47.9 Å². The maximum Gasteiger partial charge on any atom is 0.418 e. The van der Waals surface area contributed by atoms with Crippen molar-refractivity contribution in [1.29, 1.82) is 0 Å².